The molecular weight excluding hydrogens is 172 g/mol. The van der Waals surface area contributed by atoms with E-state index in [1.54, 1.807) is 0 Å². The van der Waals surface area contributed by atoms with E-state index < -0.39 is 5.92 Å². The number of hydrogen-bond acceptors (Lipinski definition) is 1. The lowest BCUT2D eigenvalue weighted by Crippen LogP contribution is -2.38. The molecule has 0 amide bonds. The first-order chi connectivity index (χ1) is 6.05. The average molecular weight is 189 g/mol. The molecule has 1 rings (SSSR count). The molecule has 1 fully saturated rings. The van der Waals surface area contributed by atoms with Crippen LogP contribution in [0.1, 0.15) is 25.7 Å². The molecule has 13 heavy (non-hydrogen) atoms. The van der Waals surface area contributed by atoms with E-state index in [-0.39, 0.29) is 12.8 Å². The molecule has 0 saturated heterocycles. The Labute approximate surface area is 78.4 Å². The molecule has 0 aromatic rings. The Kier molecular flexibility index (Phi) is 3.42. The zero-order valence-corrected chi connectivity index (χ0v) is 8.10. The Morgan fingerprint density at radius 2 is 2.00 bits per heavy atom. The van der Waals surface area contributed by atoms with Gasteiger partial charge in [-0.3, -0.25) is 4.90 Å². The Morgan fingerprint density at radius 1 is 1.46 bits per heavy atom. The van der Waals surface area contributed by atoms with Crippen LogP contribution in [-0.2, 0) is 0 Å². The maximum Gasteiger partial charge on any atom is 0.248 e. The van der Waals surface area contributed by atoms with Gasteiger partial charge in [-0.25, -0.2) is 8.78 Å². The number of likely N-dealkylation sites (N-methyl/N-ethyl adjacent to an activating group) is 1. The van der Waals surface area contributed by atoms with E-state index in [0.717, 1.165) is 6.54 Å². The number of nitrogens with zero attached hydrogens (tertiary/aromatic N) is 1. The molecule has 1 aliphatic rings. The van der Waals surface area contributed by atoms with Gasteiger partial charge >= 0.3 is 0 Å². The van der Waals surface area contributed by atoms with Crippen LogP contribution >= 0.6 is 0 Å². The van der Waals surface area contributed by atoms with Crippen molar-refractivity contribution in [2.75, 3.05) is 13.6 Å². The van der Waals surface area contributed by atoms with Gasteiger partial charge in [0.1, 0.15) is 0 Å². The van der Waals surface area contributed by atoms with Crippen molar-refractivity contribution in [3.05, 3.63) is 12.7 Å². The van der Waals surface area contributed by atoms with Crippen LogP contribution in [0.2, 0.25) is 0 Å². The van der Waals surface area contributed by atoms with Crippen molar-refractivity contribution in [3.8, 4) is 0 Å². The fourth-order valence-corrected chi connectivity index (χ4v) is 1.82. The molecule has 76 valence electrons. The molecule has 1 saturated carbocycles. The number of alkyl halides is 2. The summed E-state index contributed by atoms with van der Waals surface area (Å²) in [7, 11) is 1.97. The molecule has 0 spiro atoms. The SMILES string of the molecule is C=CCN(C)C1CCC(F)(F)CC1. The molecular formula is C10H17F2N. The first kappa shape index (κ1) is 10.6. The lowest BCUT2D eigenvalue weighted by atomic mass is 9.91. The molecule has 0 aromatic carbocycles. The van der Waals surface area contributed by atoms with E-state index >= 15 is 0 Å². The van der Waals surface area contributed by atoms with Crippen molar-refractivity contribution >= 4 is 0 Å². The highest BCUT2D eigenvalue weighted by Crippen LogP contribution is 2.34. The van der Waals surface area contributed by atoms with Crippen LogP contribution in [-0.4, -0.2) is 30.5 Å². The predicted molar refractivity (Wildman–Crippen MR) is 50.0 cm³/mol. The van der Waals surface area contributed by atoms with Gasteiger partial charge < -0.3 is 0 Å². The number of hydrogen-bond donors (Lipinski definition) is 0. The largest absolute Gasteiger partial charge is 0.300 e. The zero-order chi connectivity index (χ0) is 9.90. The topological polar surface area (TPSA) is 3.24 Å². The summed E-state index contributed by atoms with van der Waals surface area (Å²) in [6, 6.07) is 0.317. The second kappa shape index (κ2) is 4.18. The van der Waals surface area contributed by atoms with Crippen molar-refractivity contribution in [1.29, 1.82) is 0 Å². The number of rotatable bonds is 3. The Bertz CT molecular complexity index is 170. The van der Waals surface area contributed by atoms with Crippen LogP contribution in [0.3, 0.4) is 0 Å². The molecule has 0 aliphatic heterocycles. The van der Waals surface area contributed by atoms with Crippen molar-refractivity contribution < 1.29 is 8.78 Å². The standard InChI is InChI=1S/C10H17F2N/c1-3-8-13(2)9-4-6-10(11,12)7-5-9/h3,9H,1,4-8H2,2H3. The van der Waals surface area contributed by atoms with Gasteiger partial charge in [-0.1, -0.05) is 6.08 Å². The quantitative estimate of drug-likeness (QED) is 0.617. The lowest BCUT2D eigenvalue weighted by Gasteiger charge is -2.33. The third-order valence-corrected chi connectivity index (χ3v) is 2.73. The first-order valence-electron chi connectivity index (χ1n) is 4.74. The van der Waals surface area contributed by atoms with Crippen molar-refractivity contribution in [3.63, 3.8) is 0 Å². The molecule has 0 N–H and O–H groups in total. The van der Waals surface area contributed by atoms with Crippen molar-refractivity contribution in [1.82, 2.24) is 4.90 Å². The Hall–Kier alpha value is -0.440. The second-order valence-electron chi connectivity index (χ2n) is 3.82. The fraction of sp³-hybridized carbons (Fsp3) is 0.800. The van der Waals surface area contributed by atoms with Crippen LogP contribution < -0.4 is 0 Å². The van der Waals surface area contributed by atoms with E-state index in [1.807, 2.05) is 13.1 Å². The first-order valence-corrected chi connectivity index (χ1v) is 4.74. The van der Waals surface area contributed by atoms with Crippen LogP contribution in [0, 0.1) is 0 Å². The van der Waals surface area contributed by atoms with E-state index in [9.17, 15) is 8.78 Å². The van der Waals surface area contributed by atoms with Crippen LogP contribution in [0.15, 0.2) is 12.7 Å². The smallest absolute Gasteiger partial charge is 0.248 e. The van der Waals surface area contributed by atoms with Gasteiger partial charge in [0, 0.05) is 25.4 Å². The molecule has 0 unspecified atom stereocenters. The van der Waals surface area contributed by atoms with Gasteiger partial charge in [-0.05, 0) is 19.9 Å². The molecule has 1 nitrogen and oxygen atoms in total. The summed E-state index contributed by atoms with van der Waals surface area (Å²) in [5.74, 6) is -2.41. The maximum absolute atomic E-state index is 12.8. The van der Waals surface area contributed by atoms with E-state index in [4.69, 9.17) is 0 Å². The van der Waals surface area contributed by atoms with E-state index in [0.29, 0.717) is 18.9 Å². The highest BCUT2D eigenvalue weighted by atomic mass is 19.3. The monoisotopic (exact) mass is 189 g/mol. The summed E-state index contributed by atoms with van der Waals surface area (Å²) in [5.41, 5.74) is 0. The zero-order valence-electron chi connectivity index (χ0n) is 8.10. The highest BCUT2D eigenvalue weighted by molar-refractivity contribution is 4.84. The molecule has 0 aromatic heterocycles. The van der Waals surface area contributed by atoms with Crippen molar-refractivity contribution in [2.45, 2.75) is 37.6 Å². The summed E-state index contributed by atoms with van der Waals surface area (Å²) in [5, 5.41) is 0. The average Bonchev–Trinajstić information content (AvgIpc) is 2.04. The fourth-order valence-electron chi connectivity index (χ4n) is 1.82. The molecule has 0 bridgehead atoms. The summed E-state index contributed by atoms with van der Waals surface area (Å²) in [6.07, 6.45) is 3.11. The van der Waals surface area contributed by atoms with Gasteiger partial charge in [0.15, 0.2) is 0 Å². The van der Waals surface area contributed by atoms with Crippen molar-refractivity contribution in [2.24, 2.45) is 0 Å². The molecule has 0 heterocycles. The minimum absolute atomic E-state index is 0.0408. The summed E-state index contributed by atoms with van der Waals surface area (Å²) >= 11 is 0. The van der Waals surface area contributed by atoms with Gasteiger partial charge in [-0.2, -0.15) is 0 Å². The maximum atomic E-state index is 12.8. The van der Waals surface area contributed by atoms with Crippen LogP contribution in [0.25, 0.3) is 0 Å². The Balaban J connectivity index is 2.36. The minimum atomic E-state index is -2.41. The summed E-state index contributed by atoms with van der Waals surface area (Å²) < 4.78 is 25.6. The third-order valence-electron chi connectivity index (χ3n) is 2.73. The van der Waals surface area contributed by atoms with E-state index in [1.165, 1.54) is 0 Å². The van der Waals surface area contributed by atoms with Crippen LogP contribution in [0.5, 0.6) is 0 Å². The summed E-state index contributed by atoms with van der Waals surface area (Å²) in [4.78, 5) is 2.10. The molecule has 0 atom stereocenters. The predicted octanol–water partition coefficient (Wildman–Crippen LogP) is 2.68. The normalized spacial score (nSPS) is 23.4. The van der Waals surface area contributed by atoms with E-state index in [2.05, 4.69) is 11.5 Å². The third kappa shape index (κ3) is 3.07. The minimum Gasteiger partial charge on any atom is -0.300 e. The second-order valence-corrected chi connectivity index (χ2v) is 3.82. The van der Waals surface area contributed by atoms with Gasteiger partial charge in [0.25, 0.3) is 0 Å². The number of halogens is 2. The van der Waals surface area contributed by atoms with Gasteiger partial charge in [0.2, 0.25) is 5.92 Å². The van der Waals surface area contributed by atoms with Gasteiger partial charge in [0.05, 0.1) is 0 Å². The molecule has 0 radical (unpaired) electrons. The van der Waals surface area contributed by atoms with Crippen LogP contribution in [0.4, 0.5) is 8.78 Å². The molecule has 1 aliphatic carbocycles. The highest BCUT2D eigenvalue weighted by Gasteiger charge is 2.35. The summed E-state index contributed by atoms with van der Waals surface area (Å²) in [6.45, 7) is 4.42. The Morgan fingerprint density at radius 3 is 2.46 bits per heavy atom. The lowest BCUT2D eigenvalue weighted by molar-refractivity contribution is -0.0503. The molecule has 3 heteroatoms. The van der Waals surface area contributed by atoms with Gasteiger partial charge in [-0.15, -0.1) is 6.58 Å².